The molecule has 0 saturated carbocycles. The van der Waals surface area contributed by atoms with Crippen LogP contribution < -0.4 is 15.6 Å². The molecule has 24 heavy (non-hydrogen) atoms. The van der Waals surface area contributed by atoms with Crippen LogP contribution in [0.4, 0.5) is 0 Å². The molecule has 3 aromatic rings. The SMILES string of the molecule is O=C(Cc1cccc2ccccc12)NNC(=O)c1cccc[n+]1[O-]. The van der Waals surface area contributed by atoms with Gasteiger partial charge in [-0.15, -0.1) is 0 Å². The molecular formula is C18H15N3O3. The van der Waals surface area contributed by atoms with Crippen LogP contribution in [-0.4, -0.2) is 11.8 Å². The molecule has 6 heteroatoms. The summed E-state index contributed by atoms with van der Waals surface area (Å²) in [7, 11) is 0. The number of amides is 2. The smallest absolute Gasteiger partial charge is 0.335 e. The Morgan fingerprint density at radius 3 is 2.50 bits per heavy atom. The molecular weight excluding hydrogens is 306 g/mol. The number of benzene rings is 2. The van der Waals surface area contributed by atoms with Gasteiger partial charge in [0.2, 0.25) is 5.91 Å². The van der Waals surface area contributed by atoms with Crippen LogP contribution in [0.5, 0.6) is 0 Å². The number of pyridine rings is 1. The van der Waals surface area contributed by atoms with Gasteiger partial charge < -0.3 is 5.21 Å². The van der Waals surface area contributed by atoms with Gasteiger partial charge in [-0.1, -0.05) is 42.5 Å². The molecule has 0 bridgehead atoms. The Bertz CT molecular complexity index is 903. The third-order valence-corrected chi connectivity index (χ3v) is 3.60. The van der Waals surface area contributed by atoms with Crippen LogP contribution in [0.2, 0.25) is 0 Å². The molecule has 3 rings (SSSR count). The van der Waals surface area contributed by atoms with Crippen LogP contribution in [0.15, 0.2) is 66.9 Å². The third-order valence-electron chi connectivity index (χ3n) is 3.60. The molecule has 6 nitrogen and oxygen atoms in total. The zero-order chi connectivity index (χ0) is 16.9. The van der Waals surface area contributed by atoms with Crippen molar-refractivity contribution in [3.05, 3.63) is 83.3 Å². The van der Waals surface area contributed by atoms with Crippen molar-refractivity contribution >= 4 is 22.6 Å². The van der Waals surface area contributed by atoms with Crippen LogP contribution in [-0.2, 0) is 11.2 Å². The predicted molar refractivity (Wildman–Crippen MR) is 88.7 cm³/mol. The number of hydrazine groups is 1. The van der Waals surface area contributed by atoms with Crippen LogP contribution >= 0.6 is 0 Å². The van der Waals surface area contributed by atoms with Gasteiger partial charge in [-0.25, -0.2) is 0 Å². The second-order valence-corrected chi connectivity index (χ2v) is 5.23. The first-order chi connectivity index (χ1) is 11.6. The zero-order valence-corrected chi connectivity index (χ0v) is 12.7. The topological polar surface area (TPSA) is 85.1 Å². The third kappa shape index (κ3) is 3.33. The first kappa shape index (κ1) is 15.5. The number of aromatic nitrogens is 1. The predicted octanol–water partition coefficient (Wildman–Crippen LogP) is 1.48. The summed E-state index contributed by atoms with van der Waals surface area (Å²) in [6, 6.07) is 17.9. The van der Waals surface area contributed by atoms with Gasteiger partial charge in [0, 0.05) is 12.1 Å². The van der Waals surface area contributed by atoms with E-state index in [4.69, 9.17) is 0 Å². The highest BCUT2D eigenvalue weighted by molar-refractivity contribution is 5.94. The lowest BCUT2D eigenvalue weighted by molar-refractivity contribution is -0.607. The fourth-order valence-electron chi connectivity index (χ4n) is 2.46. The Morgan fingerprint density at radius 1 is 0.917 bits per heavy atom. The lowest BCUT2D eigenvalue weighted by atomic mass is 10.0. The summed E-state index contributed by atoms with van der Waals surface area (Å²) in [5.41, 5.74) is 5.34. The summed E-state index contributed by atoms with van der Waals surface area (Å²) < 4.78 is 0.437. The minimum Gasteiger partial charge on any atom is -0.618 e. The number of hydrogen-bond donors (Lipinski definition) is 2. The number of hydrogen-bond acceptors (Lipinski definition) is 3. The van der Waals surface area contributed by atoms with E-state index in [-0.39, 0.29) is 18.0 Å². The van der Waals surface area contributed by atoms with Gasteiger partial charge in [0.1, 0.15) is 0 Å². The van der Waals surface area contributed by atoms with Gasteiger partial charge in [-0.05, 0) is 22.4 Å². The summed E-state index contributed by atoms with van der Waals surface area (Å²) in [6.45, 7) is 0. The maximum absolute atomic E-state index is 12.1. The maximum atomic E-state index is 12.1. The van der Waals surface area contributed by atoms with E-state index < -0.39 is 5.91 Å². The van der Waals surface area contributed by atoms with Gasteiger partial charge >= 0.3 is 5.91 Å². The highest BCUT2D eigenvalue weighted by Crippen LogP contribution is 2.18. The lowest BCUT2D eigenvalue weighted by Gasteiger charge is -2.09. The van der Waals surface area contributed by atoms with Crippen molar-refractivity contribution in [2.24, 2.45) is 0 Å². The minimum atomic E-state index is -0.670. The molecule has 0 aliphatic rings. The molecule has 0 unspecified atom stereocenters. The van der Waals surface area contributed by atoms with Crippen molar-refractivity contribution in [1.29, 1.82) is 0 Å². The molecule has 2 aromatic carbocycles. The second kappa shape index (κ2) is 6.78. The van der Waals surface area contributed by atoms with E-state index in [0.717, 1.165) is 16.3 Å². The summed E-state index contributed by atoms with van der Waals surface area (Å²) in [5.74, 6) is -1.04. The number of nitrogens with zero attached hydrogens (tertiary/aromatic N) is 1. The summed E-state index contributed by atoms with van der Waals surface area (Å²) in [4.78, 5) is 24.0. The molecule has 0 fully saturated rings. The maximum Gasteiger partial charge on any atom is 0.335 e. The highest BCUT2D eigenvalue weighted by atomic mass is 16.5. The Morgan fingerprint density at radius 2 is 1.67 bits per heavy atom. The van der Waals surface area contributed by atoms with E-state index in [1.165, 1.54) is 18.3 Å². The normalized spacial score (nSPS) is 10.3. The van der Waals surface area contributed by atoms with Crippen molar-refractivity contribution in [2.45, 2.75) is 6.42 Å². The van der Waals surface area contributed by atoms with E-state index in [0.29, 0.717) is 4.73 Å². The first-order valence-corrected chi connectivity index (χ1v) is 7.39. The van der Waals surface area contributed by atoms with Gasteiger partial charge in [0.05, 0.1) is 6.42 Å². The highest BCUT2D eigenvalue weighted by Gasteiger charge is 2.15. The average Bonchev–Trinajstić information content (AvgIpc) is 2.60. The molecule has 1 aromatic heterocycles. The quantitative estimate of drug-likeness (QED) is 0.435. The number of fused-ring (bicyclic) bond motifs is 1. The zero-order valence-electron chi connectivity index (χ0n) is 12.7. The number of carbonyl (C=O) groups is 2. The van der Waals surface area contributed by atoms with Crippen molar-refractivity contribution < 1.29 is 14.3 Å². The molecule has 0 atom stereocenters. The number of carbonyl (C=O) groups excluding carboxylic acids is 2. The molecule has 0 aliphatic heterocycles. The summed E-state index contributed by atoms with van der Waals surface area (Å²) in [6.07, 6.45) is 1.33. The summed E-state index contributed by atoms with van der Waals surface area (Å²) >= 11 is 0. The molecule has 2 amide bonds. The molecule has 120 valence electrons. The van der Waals surface area contributed by atoms with Crippen molar-refractivity contribution in [2.75, 3.05) is 0 Å². The molecule has 0 radical (unpaired) electrons. The molecule has 0 aliphatic carbocycles. The number of nitrogens with one attached hydrogen (secondary N) is 2. The average molecular weight is 321 g/mol. The Kier molecular flexibility index (Phi) is 4.38. The first-order valence-electron chi connectivity index (χ1n) is 7.39. The van der Waals surface area contributed by atoms with Gasteiger partial charge in [0.15, 0.2) is 6.20 Å². The Labute approximate surface area is 138 Å². The van der Waals surface area contributed by atoms with E-state index in [9.17, 15) is 14.8 Å². The van der Waals surface area contributed by atoms with E-state index in [1.54, 1.807) is 6.07 Å². The molecule has 2 N–H and O–H groups in total. The van der Waals surface area contributed by atoms with Crippen molar-refractivity contribution in [3.8, 4) is 0 Å². The van der Waals surface area contributed by atoms with Crippen LogP contribution in [0.3, 0.4) is 0 Å². The summed E-state index contributed by atoms with van der Waals surface area (Å²) in [5, 5.41) is 13.5. The number of rotatable bonds is 3. The lowest BCUT2D eigenvalue weighted by Crippen LogP contribution is -2.47. The molecule has 1 heterocycles. The van der Waals surface area contributed by atoms with Crippen LogP contribution in [0, 0.1) is 5.21 Å². The minimum absolute atomic E-state index is 0.0945. The fourth-order valence-corrected chi connectivity index (χ4v) is 2.46. The van der Waals surface area contributed by atoms with Gasteiger partial charge in [-0.2, -0.15) is 4.73 Å². The fraction of sp³-hybridized carbons (Fsp3) is 0.0556. The van der Waals surface area contributed by atoms with Gasteiger partial charge in [0.25, 0.3) is 5.69 Å². The van der Waals surface area contributed by atoms with Crippen LogP contribution in [0.1, 0.15) is 16.1 Å². The van der Waals surface area contributed by atoms with Crippen LogP contribution in [0.25, 0.3) is 10.8 Å². The van der Waals surface area contributed by atoms with E-state index in [2.05, 4.69) is 10.9 Å². The second-order valence-electron chi connectivity index (χ2n) is 5.23. The monoisotopic (exact) mass is 321 g/mol. The standard InChI is InChI=1S/C18H15N3O3/c22-17(19-20-18(23)16-10-3-4-11-21(16)24)12-14-8-5-7-13-6-1-2-9-15(13)14/h1-11H,12H2,(H,19,22)(H,20,23). The largest absolute Gasteiger partial charge is 0.618 e. The van der Waals surface area contributed by atoms with E-state index >= 15 is 0 Å². The van der Waals surface area contributed by atoms with Crippen molar-refractivity contribution in [3.63, 3.8) is 0 Å². The molecule has 0 spiro atoms. The van der Waals surface area contributed by atoms with Crippen molar-refractivity contribution in [1.82, 2.24) is 10.9 Å². The molecule has 0 saturated heterocycles. The Hall–Kier alpha value is -3.41. The Balaban J connectivity index is 1.66. The van der Waals surface area contributed by atoms with E-state index in [1.807, 2.05) is 42.5 Å². The van der Waals surface area contributed by atoms with Gasteiger partial charge in [-0.3, -0.25) is 20.4 Å².